The number of hydrogen-bond acceptors (Lipinski definition) is 2. The molecule has 0 unspecified atom stereocenters. The van der Waals surface area contributed by atoms with E-state index in [0.717, 1.165) is 4.88 Å². The maximum atomic E-state index is 13.7. The first kappa shape index (κ1) is 13.3. The molecule has 3 aromatic rings. The molecule has 0 atom stereocenters. The molecule has 2 aromatic carbocycles. The summed E-state index contributed by atoms with van der Waals surface area (Å²) in [5.41, 5.74) is 0.548. The van der Waals surface area contributed by atoms with Crippen LogP contribution in [0.25, 0.3) is 10.8 Å². The first-order chi connectivity index (χ1) is 9.65. The maximum Gasteiger partial charge on any atom is 0.168 e. The van der Waals surface area contributed by atoms with Gasteiger partial charge in [0.1, 0.15) is 5.82 Å². The fraction of sp³-hybridized carbons (Fsp3) is 0.0625. The highest BCUT2D eigenvalue weighted by atomic mass is 35.5. The minimum Gasteiger partial charge on any atom is -0.294 e. The molecule has 20 heavy (non-hydrogen) atoms. The zero-order valence-electron chi connectivity index (χ0n) is 10.4. The lowest BCUT2D eigenvalue weighted by Gasteiger charge is -2.06. The standard InChI is InChI=1S/C16H10ClFOS/c17-16-8-5-10(20-16)9-15(19)13-6-7-14(18)12-4-2-1-3-11(12)13/h1-8H,9H2. The van der Waals surface area contributed by atoms with Crippen molar-refractivity contribution in [2.24, 2.45) is 0 Å². The van der Waals surface area contributed by atoms with Gasteiger partial charge in [-0.1, -0.05) is 35.9 Å². The van der Waals surface area contributed by atoms with Crippen molar-refractivity contribution in [2.45, 2.75) is 6.42 Å². The number of benzene rings is 2. The zero-order valence-corrected chi connectivity index (χ0v) is 12.0. The van der Waals surface area contributed by atoms with Crippen molar-refractivity contribution in [3.8, 4) is 0 Å². The Labute approximate surface area is 124 Å². The predicted octanol–water partition coefficient (Wildman–Crippen LogP) is 5.12. The summed E-state index contributed by atoms with van der Waals surface area (Å²) < 4.78 is 14.4. The van der Waals surface area contributed by atoms with Gasteiger partial charge < -0.3 is 0 Å². The van der Waals surface area contributed by atoms with Crippen molar-refractivity contribution in [1.82, 2.24) is 0 Å². The average molecular weight is 305 g/mol. The SMILES string of the molecule is O=C(Cc1ccc(Cl)s1)c1ccc(F)c2ccccc12. The Morgan fingerprint density at radius 3 is 2.50 bits per heavy atom. The molecule has 4 heteroatoms. The van der Waals surface area contributed by atoms with E-state index in [2.05, 4.69) is 0 Å². The molecule has 0 N–H and O–H groups in total. The highest BCUT2D eigenvalue weighted by Gasteiger charge is 2.13. The third kappa shape index (κ3) is 2.47. The molecule has 0 spiro atoms. The van der Waals surface area contributed by atoms with Crippen LogP contribution in [0.2, 0.25) is 4.34 Å². The van der Waals surface area contributed by atoms with E-state index in [0.29, 0.717) is 20.7 Å². The molecule has 0 aliphatic rings. The predicted molar refractivity (Wildman–Crippen MR) is 81.3 cm³/mol. The summed E-state index contributed by atoms with van der Waals surface area (Å²) in [6.45, 7) is 0. The Balaban J connectivity index is 2.01. The molecule has 0 fully saturated rings. The fourth-order valence-corrected chi connectivity index (χ4v) is 3.29. The molecule has 0 aliphatic heterocycles. The molecule has 1 heterocycles. The molecule has 1 aromatic heterocycles. The molecular formula is C16H10ClFOS. The number of halogens is 2. The molecule has 100 valence electrons. The maximum absolute atomic E-state index is 13.7. The van der Waals surface area contributed by atoms with Crippen LogP contribution >= 0.6 is 22.9 Å². The van der Waals surface area contributed by atoms with Gasteiger partial charge in [0.2, 0.25) is 0 Å². The summed E-state index contributed by atoms with van der Waals surface area (Å²) >= 11 is 7.25. The minimum absolute atomic E-state index is 0.0280. The van der Waals surface area contributed by atoms with Crippen molar-refractivity contribution in [1.29, 1.82) is 0 Å². The molecule has 1 nitrogen and oxygen atoms in total. The van der Waals surface area contributed by atoms with Crippen LogP contribution in [-0.4, -0.2) is 5.78 Å². The Morgan fingerprint density at radius 1 is 1.05 bits per heavy atom. The Kier molecular flexibility index (Phi) is 3.55. The number of ketones is 1. The second-order valence-electron chi connectivity index (χ2n) is 4.45. The topological polar surface area (TPSA) is 17.1 Å². The lowest BCUT2D eigenvalue weighted by molar-refractivity contribution is 0.0995. The number of thiophene rings is 1. The third-order valence-corrected chi connectivity index (χ3v) is 4.37. The Bertz CT molecular complexity index is 794. The number of carbonyl (C=O) groups is 1. The molecule has 0 bridgehead atoms. The van der Waals surface area contributed by atoms with Crippen LogP contribution in [-0.2, 0) is 6.42 Å². The molecular weight excluding hydrogens is 295 g/mol. The van der Waals surface area contributed by atoms with E-state index in [1.165, 1.54) is 17.4 Å². The first-order valence-corrected chi connectivity index (χ1v) is 7.29. The number of rotatable bonds is 3. The molecule has 3 rings (SSSR count). The van der Waals surface area contributed by atoms with Crippen LogP contribution in [0.5, 0.6) is 0 Å². The number of carbonyl (C=O) groups excluding carboxylic acids is 1. The molecule has 0 radical (unpaired) electrons. The summed E-state index contributed by atoms with van der Waals surface area (Å²) in [5, 5.41) is 1.13. The van der Waals surface area contributed by atoms with Crippen LogP contribution in [0.15, 0.2) is 48.5 Å². The van der Waals surface area contributed by atoms with E-state index in [1.54, 1.807) is 36.4 Å². The van der Waals surface area contributed by atoms with Gasteiger partial charge in [-0.25, -0.2) is 4.39 Å². The van der Waals surface area contributed by atoms with Crippen molar-refractivity contribution in [2.75, 3.05) is 0 Å². The van der Waals surface area contributed by atoms with Gasteiger partial charge in [-0.3, -0.25) is 4.79 Å². The van der Waals surface area contributed by atoms with E-state index in [1.807, 2.05) is 6.07 Å². The Hall–Kier alpha value is -1.71. The van der Waals surface area contributed by atoms with E-state index < -0.39 is 0 Å². The smallest absolute Gasteiger partial charge is 0.168 e. The lowest BCUT2D eigenvalue weighted by atomic mass is 9.99. The van der Waals surface area contributed by atoms with Crippen molar-refractivity contribution >= 4 is 39.5 Å². The largest absolute Gasteiger partial charge is 0.294 e. The Morgan fingerprint density at radius 2 is 1.80 bits per heavy atom. The van der Waals surface area contributed by atoms with E-state index in [9.17, 15) is 9.18 Å². The van der Waals surface area contributed by atoms with Gasteiger partial charge >= 0.3 is 0 Å². The monoisotopic (exact) mass is 304 g/mol. The molecule has 0 aliphatic carbocycles. The first-order valence-electron chi connectivity index (χ1n) is 6.10. The van der Waals surface area contributed by atoms with Gasteiger partial charge in [-0.2, -0.15) is 0 Å². The van der Waals surface area contributed by atoms with Gasteiger partial charge in [0.05, 0.1) is 4.34 Å². The quantitative estimate of drug-likeness (QED) is 0.614. The van der Waals surface area contributed by atoms with Gasteiger partial charge in [0.15, 0.2) is 5.78 Å². The molecule has 0 saturated carbocycles. The summed E-state index contributed by atoms with van der Waals surface area (Å²) in [5.74, 6) is -0.337. The zero-order chi connectivity index (χ0) is 14.1. The highest BCUT2D eigenvalue weighted by Crippen LogP contribution is 2.26. The van der Waals surface area contributed by atoms with Gasteiger partial charge in [-0.15, -0.1) is 11.3 Å². The second kappa shape index (κ2) is 5.35. The highest BCUT2D eigenvalue weighted by molar-refractivity contribution is 7.16. The number of Topliss-reactive ketones (excluding diaryl/α,β-unsaturated/α-hetero) is 1. The fourth-order valence-electron chi connectivity index (χ4n) is 2.21. The lowest BCUT2D eigenvalue weighted by Crippen LogP contribution is -2.03. The summed E-state index contributed by atoms with van der Waals surface area (Å²) in [7, 11) is 0. The van der Waals surface area contributed by atoms with Gasteiger partial charge in [0, 0.05) is 22.2 Å². The van der Waals surface area contributed by atoms with E-state index in [-0.39, 0.29) is 18.0 Å². The minimum atomic E-state index is -0.309. The normalized spacial score (nSPS) is 10.9. The van der Waals surface area contributed by atoms with E-state index >= 15 is 0 Å². The van der Waals surface area contributed by atoms with Crippen molar-refractivity contribution in [3.63, 3.8) is 0 Å². The summed E-state index contributed by atoms with van der Waals surface area (Å²) in [6.07, 6.45) is 0.285. The van der Waals surface area contributed by atoms with E-state index in [4.69, 9.17) is 11.6 Å². The van der Waals surface area contributed by atoms with Crippen LogP contribution in [0.4, 0.5) is 4.39 Å². The van der Waals surface area contributed by atoms with Crippen molar-refractivity contribution in [3.05, 3.63) is 69.1 Å². The number of hydrogen-bond donors (Lipinski definition) is 0. The van der Waals surface area contributed by atoms with Crippen molar-refractivity contribution < 1.29 is 9.18 Å². The summed E-state index contributed by atoms with van der Waals surface area (Å²) in [4.78, 5) is 13.3. The molecule has 0 saturated heterocycles. The number of fused-ring (bicyclic) bond motifs is 1. The van der Waals surface area contributed by atoms with Crippen LogP contribution in [0.3, 0.4) is 0 Å². The van der Waals surface area contributed by atoms with Crippen LogP contribution in [0, 0.1) is 5.82 Å². The summed E-state index contributed by atoms with van der Waals surface area (Å²) in [6, 6.07) is 13.5. The molecule has 0 amide bonds. The van der Waals surface area contributed by atoms with Gasteiger partial charge in [0.25, 0.3) is 0 Å². The third-order valence-electron chi connectivity index (χ3n) is 3.13. The second-order valence-corrected chi connectivity index (χ2v) is 6.25. The van der Waals surface area contributed by atoms with Gasteiger partial charge in [-0.05, 0) is 29.7 Å². The van der Waals surface area contributed by atoms with Crippen LogP contribution in [0.1, 0.15) is 15.2 Å². The van der Waals surface area contributed by atoms with Crippen LogP contribution < -0.4 is 0 Å². The average Bonchev–Trinajstić information content (AvgIpc) is 2.84.